The lowest BCUT2D eigenvalue weighted by atomic mass is 10.1. The van der Waals surface area contributed by atoms with Gasteiger partial charge in [0.05, 0.1) is 5.56 Å². The first kappa shape index (κ1) is 15.9. The van der Waals surface area contributed by atoms with Crippen LogP contribution in [0.1, 0.15) is 15.9 Å². The van der Waals surface area contributed by atoms with E-state index >= 15 is 0 Å². The summed E-state index contributed by atoms with van der Waals surface area (Å²) < 4.78 is 1.03. The molecule has 0 unspecified atom stereocenters. The lowest BCUT2D eigenvalue weighted by Crippen LogP contribution is -2.23. The van der Waals surface area contributed by atoms with E-state index in [-0.39, 0.29) is 5.91 Å². The fourth-order valence-electron chi connectivity index (χ4n) is 1.93. The molecule has 0 saturated heterocycles. The molecule has 0 bridgehead atoms. The Bertz CT molecular complexity index is 658. The predicted molar refractivity (Wildman–Crippen MR) is 90.9 cm³/mol. The van der Waals surface area contributed by atoms with E-state index in [1.54, 1.807) is 37.2 Å². The number of anilines is 1. The van der Waals surface area contributed by atoms with E-state index in [4.69, 9.17) is 11.6 Å². The van der Waals surface area contributed by atoms with Gasteiger partial charge in [-0.3, -0.25) is 4.79 Å². The van der Waals surface area contributed by atoms with Crippen molar-refractivity contribution in [2.24, 2.45) is 0 Å². The van der Waals surface area contributed by atoms with Gasteiger partial charge in [-0.1, -0.05) is 39.7 Å². The second kappa shape index (κ2) is 6.96. The minimum atomic E-state index is -0.0524. The number of hydrogen-bond donors (Lipinski definition) is 1. The van der Waals surface area contributed by atoms with Crippen LogP contribution >= 0.6 is 27.5 Å². The van der Waals surface area contributed by atoms with Crippen molar-refractivity contribution in [1.29, 1.82) is 0 Å². The molecular weight excluding hydrogens is 352 g/mol. The summed E-state index contributed by atoms with van der Waals surface area (Å²) in [6.07, 6.45) is 0. The van der Waals surface area contributed by atoms with Crippen molar-refractivity contribution in [3.05, 3.63) is 63.1 Å². The first-order chi connectivity index (χ1) is 9.97. The van der Waals surface area contributed by atoms with Gasteiger partial charge in [0.15, 0.2) is 0 Å². The van der Waals surface area contributed by atoms with Crippen molar-refractivity contribution >= 4 is 39.1 Å². The molecule has 2 aromatic rings. The van der Waals surface area contributed by atoms with Crippen LogP contribution in [0.4, 0.5) is 5.69 Å². The van der Waals surface area contributed by atoms with Crippen LogP contribution in [0.5, 0.6) is 0 Å². The predicted octanol–water partition coefficient (Wildman–Crippen LogP) is 4.42. The molecular formula is C16H16BrClN2O. The summed E-state index contributed by atoms with van der Waals surface area (Å²) in [6.45, 7) is 0.619. The van der Waals surface area contributed by atoms with Gasteiger partial charge < -0.3 is 10.2 Å². The van der Waals surface area contributed by atoms with Gasteiger partial charge in [-0.15, -0.1) is 0 Å². The molecule has 0 spiro atoms. The van der Waals surface area contributed by atoms with Gasteiger partial charge in [0.1, 0.15) is 0 Å². The Kier molecular flexibility index (Phi) is 5.26. The zero-order valence-corrected chi connectivity index (χ0v) is 14.2. The Morgan fingerprint density at radius 2 is 2.00 bits per heavy atom. The topological polar surface area (TPSA) is 32.3 Å². The molecule has 0 fully saturated rings. The quantitative estimate of drug-likeness (QED) is 0.868. The zero-order valence-electron chi connectivity index (χ0n) is 11.9. The molecule has 0 aliphatic rings. The smallest absolute Gasteiger partial charge is 0.255 e. The Morgan fingerprint density at radius 3 is 2.67 bits per heavy atom. The fraction of sp³-hybridized carbons (Fsp3) is 0.188. The SMILES string of the molecule is CN(C)C(=O)c1ccc(Cl)cc1NCc1cccc(Br)c1. The summed E-state index contributed by atoms with van der Waals surface area (Å²) in [5.74, 6) is -0.0524. The number of halogens is 2. The van der Waals surface area contributed by atoms with Crippen molar-refractivity contribution < 1.29 is 4.79 Å². The lowest BCUT2D eigenvalue weighted by Gasteiger charge is -2.16. The van der Waals surface area contributed by atoms with Gasteiger partial charge >= 0.3 is 0 Å². The van der Waals surface area contributed by atoms with Crippen molar-refractivity contribution in [3.63, 3.8) is 0 Å². The van der Waals surface area contributed by atoms with Gasteiger partial charge in [0.2, 0.25) is 0 Å². The molecule has 3 nitrogen and oxygen atoms in total. The number of amides is 1. The third kappa shape index (κ3) is 4.22. The third-order valence-electron chi connectivity index (χ3n) is 2.99. The van der Waals surface area contributed by atoms with Gasteiger partial charge in [0.25, 0.3) is 5.91 Å². The largest absolute Gasteiger partial charge is 0.380 e. The summed E-state index contributed by atoms with van der Waals surface area (Å²) in [4.78, 5) is 13.7. The second-order valence-corrected chi connectivity index (χ2v) is 6.23. The Morgan fingerprint density at radius 1 is 1.24 bits per heavy atom. The maximum atomic E-state index is 12.2. The number of hydrogen-bond acceptors (Lipinski definition) is 2. The zero-order chi connectivity index (χ0) is 15.4. The molecule has 1 amide bonds. The Labute approximate surface area is 138 Å². The maximum absolute atomic E-state index is 12.2. The molecule has 1 N–H and O–H groups in total. The molecule has 0 saturated carbocycles. The van der Waals surface area contributed by atoms with E-state index < -0.39 is 0 Å². The number of nitrogens with zero attached hydrogens (tertiary/aromatic N) is 1. The average Bonchev–Trinajstić information content (AvgIpc) is 2.44. The van der Waals surface area contributed by atoms with Crippen LogP contribution in [0.15, 0.2) is 46.9 Å². The standard InChI is InChI=1S/C16H16BrClN2O/c1-20(2)16(21)14-7-6-13(18)9-15(14)19-10-11-4-3-5-12(17)8-11/h3-9,19H,10H2,1-2H3. The first-order valence-electron chi connectivity index (χ1n) is 6.47. The highest BCUT2D eigenvalue weighted by Crippen LogP contribution is 2.23. The Balaban J connectivity index is 2.22. The van der Waals surface area contributed by atoms with Gasteiger partial charge in [0, 0.05) is 35.8 Å². The monoisotopic (exact) mass is 366 g/mol. The molecule has 2 rings (SSSR count). The molecule has 0 aliphatic heterocycles. The number of carbonyl (C=O) groups excluding carboxylic acids is 1. The van der Waals surface area contributed by atoms with Crippen LogP contribution in [0.2, 0.25) is 5.02 Å². The fourth-order valence-corrected chi connectivity index (χ4v) is 2.55. The van der Waals surface area contributed by atoms with E-state index in [1.165, 1.54) is 0 Å². The average molecular weight is 368 g/mol. The summed E-state index contributed by atoms with van der Waals surface area (Å²) in [6, 6.07) is 13.3. The molecule has 2 aromatic carbocycles. The molecule has 0 atom stereocenters. The molecule has 0 heterocycles. The first-order valence-corrected chi connectivity index (χ1v) is 7.64. The van der Waals surface area contributed by atoms with Crippen molar-refractivity contribution in [1.82, 2.24) is 4.90 Å². The summed E-state index contributed by atoms with van der Waals surface area (Å²) in [7, 11) is 3.46. The second-order valence-electron chi connectivity index (χ2n) is 4.87. The van der Waals surface area contributed by atoms with Crippen molar-refractivity contribution in [3.8, 4) is 0 Å². The van der Waals surface area contributed by atoms with E-state index in [0.29, 0.717) is 17.1 Å². The molecule has 21 heavy (non-hydrogen) atoms. The highest BCUT2D eigenvalue weighted by Gasteiger charge is 2.13. The third-order valence-corrected chi connectivity index (χ3v) is 3.72. The molecule has 0 aliphatic carbocycles. The Hall–Kier alpha value is -1.52. The normalized spacial score (nSPS) is 10.3. The van der Waals surface area contributed by atoms with E-state index in [0.717, 1.165) is 15.7 Å². The summed E-state index contributed by atoms with van der Waals surface area (Å²) in [5.41, 5.74) is 2.47. The minimum absolute atomic E-state index is 0.0524. The summed E-state index contributed by atoms with van der Waals surface area (Å²) in [5, 5.41) is 3.88. The maximum Gasteiger partial charge on any atom is 0.255 e. The highest BCUT2D eigenvalue weighted by molar-refractivity contribution is 9.10. The van der Waals surface area contributed by atoms with Crippen LogP contribution in [0.3, 0.4) is 0 Å². The summed E-state index contributed by atoms with van der Waals surface area (Å²) >= 11 is 9.48. The van der Waals surface area contributed by atoms with Crippen LogP contribution < -0.4 is 5.32 Å². The van der Waals surface area contributed by atoms with E-state index in [2.05, 4.69) is 21.2 Å². The highest BCUT2D eigenvalue weighted by atomic mass is 79.9. The van der Waals surface area contributed by atoms with Crippen molar-refractivity contribution in [2.75, 3.05) is 19.4 Å². The van der Waals surface area contributed by atoms with Crippen LogP contribution in [-0.4, -0.2) is 24.9 Å². The van der Waals surface area contributed by atoms with Gasteiger partial charge in [-0.05, 0) is 35.9 Å². The molecule has 5 heteroatoms. The van der Waals surface area contributed by atoms with E-state index in [9.17, 15) is 4.79 Å². The molecule has 0 aromatic heterocycles. The number of rotatable bonds is 4. The van der Waals surface area contributed by atoms with Gasteiger partial charge in [-0.25, -0.2) is 0 Å². The van der Waals surface area contributed by atoms with E-state index in [1.807, 2.05) is 24.3 Å². The van der Waals surface area contributed by atoms with Crippen LogP contribution in [-0.2, 0) is 6.54 Å². The number of benzene rings is 2. The number of nitrogens with one attached hydrogen (secondary N) is 1. The van der Waals surface area contributed by atoms with Gasteiger partial charge in [-0.2, -0.15) is 0 Å². The van der Waals surface area contributed by atoms with Crippen LogP contribution in [0, 0.1) is 0 Å². The van der Waals surface area contributed by atoms with Crippen LogP contribution in [0.25, 0.3) is 0 Å². The molecule has 0 radical (unpaired) electrons. The van der Waals surface area contributed by atoms with Crippen molar-refractivity contribution in [2.45, 2.75) is 6.54 Å². The minimum Gasteiger partial charge on any atom is -0.380 e. The lowest BCUT2D eigenvalue weighted by molar-refractivity contribution is 0.0828. The number of carbonyl (C=O) groups is 1. The molecule has 110 valence electrons.